The highest BCUT2D eigenvalue weighted by atomic mass is 16.5. The Hall–Kier alpha value is -1.34. The second kappa shape index (κ2) is 7.44. The van der Waals surface area contributed by atoms with Crippen LogP contribution in [0.5, 0.6) is 0 Å². The number of ether oxygens (including phenoxy) is 1. The van der Waals surface area contributed by atoms with E-state index < -0.39 is 0 Å². The highest BCUT2D eigenvalue weighted by Gasteiger charge is 2.12. The molecule has 0 N–H and O–H groups in total. The molecular formula is C19H26O. The molecule has 0 saturated heterocycles. The molecule has 0 bridgehead atoms. The number of allylic oxidation sites excluding steroid dienone is 3. The lowest BCUT2D eigenvalue weighted by Gasteiger charge is -2.13. The van der Waals surface area contributed by atoms with Crippen molar-refractivity contribution in [3.05, 3.63) is 58.7 Å². The van der Waals surface area contributed by atoms with Gasteiger partial charge in [-0.2, -0.15) is 0 Å². The summed E-state index contributed by atoms with van der Waals surface area (Å²) in [6.07, 6.45) is 5.82. The summed E-state index contributed by atoms with van der Waals surface area (Å²) in [5.74, 6) is 0.674. The summed E-state index contributed by atoms with van der Waals surface area (Å²) in [5, 5.41) is 0. The average Bonchev–Trinajstić information content (AvgIpc) is 2.62. The first-order chi connectivity index (χ1) is 9.66. The number of hydrogen-bond donors (Lipinski definition) is 0. The van der Waals surface area contributed by atoms with Crippen LogP contribution in [0.25, 0.3) is 0 Å². The van der Waals surface area contributed by atoms with Gasteiger partial charge in [0.05, 0.1) is 13.2 Å². The van der Waals surface area contributed by atoms with Gasteiger partial charge in [0.2, 0.25) is 0 Å². The molecule has 0 aliphatic heterocycles. The highest BCUT2D eigenvalue weighted by Crippen LogP contribution is 2.28. The molecule has 0 heterocycles. The van der Waals surface area contributed by atoms with Gasteiger partial charge in [-0.3, -0.25) is 0 Å². The Labute approximate surface area is 123 Å². The molecule has 1 heteroatoms. The Bertz CT molecular complexity index is 480. The number of rotatable bonds is 5. The smallest absolute Gasteiger partial charge is 0.0721 e. The van der Waals surface area contributed by atoms with Crippen LogP contribution in [0.15, 0.2) is 53.1 Å². The molecule has 0 spiro atoms. The molecule has 1 aromatic carbocycles. The molecule has 1 aromatic rings. The van der Waals surface area contributed by atoms with E-state index >= 15 is 0 Å². The predicted molar refractivity (Wildman–Crippen MR) is 85.6 cm³/mol. The quantitative estimate of drug-likeness (QED) is 0.661. The van der Waals surface area contributed by atoms with Crippen molar-refractivity contribution in [2.24, 2.45) is 5.92 Å². The van der Waals surface area contributed by atoms with E-state index in [9.17, 15) is 0 Å². The van der Waals surface area contributed by atoms with Crippen LogP contribution in [0.3, 0.4) is 0 Å². The second-order valence-electron chi connectivity index (χ2n) is 6.01. The van der Waals surface area contributed by atoms with Gasteiger partial charge in [0.1, 0.15) is 0 Å². The van der Waals surface area contributed by atoms with Crippen LogP contribution in [0, 0.1) is 5.92 Å². The number of benzene rings is 1. The van der Waals surface area contributed by atoms with Crippen LogP contribution in [-0.4, -0.2) is 6.61 Å². The summed E-state index contributed by atoms with van der Waals surface area (Å²) < 4.78 is 5.86. The van der Waals surface area contributed by atoms with Gasteiger partial charge < -0.3 is 4.74 Å². The monoisotopic (exact) mass is 270 g/mol. The van der Waals surface area contributed by atoms with Gasteiger partial charge in [-0.25, -0.2) is 0 Å². The molecule has 0 unspecified atom stereocenters. The summed E-state index contributed by atoms with van der Waals surface area (Å²) in [6, 6.07) is 10.4. The van der Waals surface area contributed by atoms with Crippen LogP contribution in [-0.2, 0) is 11.3 Å². The van der Waals surface area contributed by atoms with Crippen molar-refractivity contribution in [1.29, 1.82) is 0 Å². The Balaban J connectivity index is 1.81. The second-order valence-corrected chi connectivity index (χ2v) is 6.01. The van der Waals surface area contributed by atoms with E-state index in [4.69, 9.17) is 4.74 Å². The molecule has 1 aliphatic carbocycles. The minimum atomic E-state index is 0.674. The van der Waals surface area contributed by atoms with Gasteiger partial charge >= 0.3 is 0 Å². The van der Waals surface area contributed by atoms with Gasteiger partial charge in [-0.15, -0.1) is 0 Å². The molecule has 0 aromatic heterocycles. The van der Waals surface area contributed by atoms with E-state index in [1.807, 2.05) is 6.07 Å². The first-order valence-corrected chi connectivity index (χ1v) is 7.65. The Morgan fingerprint density at radius 1 is 1.05 bits per heavy atom. The maximum Gasteiger partial charge on any atom is 0.0721 e. The zero-order valence-corrected chi connectivity index (χ0v) is 13.0. The molecule has 20 heavy (non-hydrogen) atoms. The van der Waals surface area contributed by atoms with Crippen molar-refractivity contribution >= 4 is 0 Å². The fourth-order valence-corrected chi connectivity index (χ4v) is 2.83. The van der Waals surface area contributed by atoms with Gasteiger partial charge in [0.15, 0.2) is 0 Å². The topological polar surface area (TPSA) is 9.23 Å². The molecular weight excluding hydrogens is 244 g/mol. The average molecular weight is 270 g/mol. The van der Waals surface area contributed by atoms with Crippen LogP contribution in [0.1, 0.15) is 45.6 Å². The normalized spacial score (nSPS) is 16.3. The standard InChI is InChI=1S/C19H26O/c1-15(2)19-12-11-18(10-9-16(19)3)14-20-13-17-7-5-4-6-8-17/h4-8,10,15H,9,11-14H2,1-3H3. The minimum Gasteiger partial charge on any atom is -0.372 e. The van der Waals surface area contributed by atoms with E-state index in [-0.39, 0.29) is 0 Å². The van der Waals surface area contributed by atoms with Crippen LogP contribution >= 0.6 is 0 Å². The third-order valence-corrected chi connectivity index (χ3v) is 4.06. The van der Waals surface area contributed by atoms with Crippen molar-refractivity contribution in [2.45, 2.75) is 46.6 Å². The lowest BCUT2D eigenvalue weighted by molar-refractivity contribution is 0.140. The van der Waals surface area contributed by atoms with E-state index in [1.54, 1.807) is 11.1 Å². The SMILES string of the molecule is CC1=C(C(C)C)CCC(COCc2ccccc2)=CC1. The zero-order valence-electron chi connectivity index (χ0n) is 13.0. The summed E-state index contributed by atoms with van der Waals surface area (Å²) >= 11 is 0. The zero-order chi connectivity index (χ0) is 14.4. The maximum atomic E-state index is 5.86. The van der Waals surface area contributed by atoms with Crippen molar-refractivity contribution < 1.29 is 4.74 Å². The summed E-state index contributed by atoms with van der Waals surface area (Å²) in [6.45, 7) is 8.36. The van der Waals surface area contributed by atoms with Crippen molar-refractivity contribution in [3.8, 4) is 0 Å². The molecule has 0 atom stereocenters. The third-order valence-electron chi connectivity index (χ3n) is 4.06. The van der Waals surface area contributed by atoms with Gasteiger partial charge in [0.25, 0.3) is 0 Å². The van der Waals surface area contributed by atoms with Gasteiger partial charge in [-0.1, -0.05) is 61.4 Å². The molecule has 0 fully saturated rings. The lowest BCUT2D eigenvalue weighted by atomic mass is 9.93. The van der Waals surface area contributed by atoms with Crippen molar-refractivity contribution in [3.63, 3.8) is 0 Å². The first-order valence-electron chi connectivity index (χ1n) is 7.65. The molecule has 108 valence electrons. The predicted octanol–water partition coefficient (Wildman–Crippen LogP) is 5.29. The molecule has 0 radical (unpaired) electrons. The first kappa shape index (κ1) is 15.1. The van der Waals surface area contributed by atoms with Crippen LogP contribution in [0.4, 0.5) is 0 Å². The Morgan fingerprint density at radius 3 is 2.50 bits per heavy atom. The maximum absolute atomic E-state index is 5.86. The molecule has 1 nitrogen and oxygen atoms in total. The molecule has 0 saturated carbocycles. The van der Waals surface area contributed by atoms with E-state index in [0.29, 0.717) is 12.5 Å². The Morgan fingerprint density at radius 2 is 1.80 bits per heavy atom. The van der Waals surface area contributed by atoms with Crippen LogP contribution < -0.4 is 0 Å². The summed E-state index contributed by atoms with van der Waals surface area (Å²) in [5.41, 5.74) is 5.90. The molecule has 0 amide bonds. The fraction of sp³-hybridized carbons (Fsp3) is 0.474. The Kier molecular flexibility index (Phi) is 5.60. The lowest BCUT2D eigenvalue weighted by Crippen LogP contribution is -2.00. The fourth-order valence-electron chi connectivity index (χ4n) is 2.83. The van der Waals surface area contributed by atoms with E-state index in [0.717, 1.165) is 19.4 Å². The number of hydrogen-bond acceptors (Lipinski definition) is 1. The van der Waals surface area contributed by atoms with Crippen molar-refractivity contribution in [2.75, 3.05) is 6.61 Å². The van der Waals surface area contributed by atoms with Crippen LogP contribution in [0.2, 0.25) is 0 Å². The summed E-state index contributed by atoms with van der Waals surface area (Å²) in [7, 11) is 0. The highest BCUT2D eigenvalue weighted by molar-refractivity contribution is 5.23. The molecule has 1 aliphatic rings. The van der Waals surface area contributed by atoms with Crippen molar-refractivity contribution in [1.82, 2.24) is 0 Å². The van der Waals surface area contributed by atoms with Gasteiger partial charge in [-0.05, 0) is 43.2 Å². The summed E-state index contributed by atoms with van der Waals surface area (Å²) in [4.78, 5) is 0. The minimum absolute atomic E-state index is 0.674. The van der Waals surface area contributed by atoms with E-state index in [1.165, 1.54) is 17.6 Å². The van der Waals surface area contributed by atoms with Gasteiger partial charge in [0, 0.05) is 0 Å². The largest absolute Gasteiger partial charge is 0.372 e. The molecule has 2 rings (SSSR count). The third kappa shape index (κ3) is 4.35. The van der Waals surface area contributed by atoms with E-state index in [2.05, 4.69) is 51.1 Å².